The summed E-state index contributed by atoms with van der Waals surface area (Å²) in [5.74, 6) is -0.961. The van der Waals surface area contributed by atoms with Crippen LogP contribution in [0.25, 0.3) is 0 Å². The lowest BCUT2D eigenvalue weighted by molar-refractivity contribution is 0.0688. The molecular weight excluding hydrogens is 292 g/mol. The minimum atomic E-state index is -0.961. The topological polar surface area (TPSA) is 80.0 Å². The molecule has 2 heterocycles. The van der Waals surface area contributed by atoms with Gasteiger partial charge in [0.2, 0.25) is 0 Å². The van der Waals surface area contributed by atoms with Gasteiger partial charge >= 0.3 is 5.97 Å². The lowest BCUT2D eigenvalue weighted by atomic mass is 9.91. The monoisotopic (exact) mass is 312 g/mol. The van der Waals surface area contributed by atoms with Crippen molar-refractivity contribution < 1.29 is 9.90 Å². The quantitative estimate of drug-likeness (QED) is 0.795. The van der Waals surface area contributed by atoms with Crippen LogP contribution >= 0.6 is 0 Å². The van der Waals surface area contributed by atoms with E-state index >= 15 is 0 Å². The maximum atomic E-state index is 11.4. The molecule has 0 unspecified atom stereocenters. The molecule has 0 fully saturated rings. The Labute approximate surface area is 134 Å². The SMILES string of the molecule is C=CCn1nc(C(=O)O)c2c1CC[C@@H](NCc1cccnc1)C2. The van der Waals surface area contributed by atoms with Crippen molar-refractivity contribution in [3.05, 3.63) is 59.7 Å². The molecule has 0 spiro atoms. The van der Waals surface area contributed by atoms with Crippen LogP contribution in [0.2, 0.25) is 0 Å². The Hall–Kier alpha value is -2.47. The third-order valence-electron chi connectivity index (χ3n) is 4.17. The fraction of sp³-hybridized carbons (Fsp3) is 0.353. The first-order chi connectivity index (χ1) is 11.2. The molecule has 1 atom stereocenters. The number of nitrogens with one attached hydrogen (secondary N) is 1. The van der Waals surface area contributed by atoms with Crippen LogP contribution in [0.3, 0.4) is 0 Å². The average Bonchev–Trinajstić information content (AvgIpc) is 2.93. The molecule has 3 rings (SSSR count). The summed E-state index contributed by atoms with van der Waals surface area (Å²) in [6, 6.07) is 4.19. The van der Waals surface area contributed by atoms with E-state index in [1.165, 1.54) is 0 Å². The molecule has 23 heavy (non-hydrogen) atoms. The van der Waals surface area contributed by atoms with E-state index in [2.05, 4.69) is 22.0 Å². The van der Waals surface area contributed by atoms with Gasteiger partial charge in [0.05, 0.1) is 6.54 Å². The predicted octanol–water partition coefficient (Wildman–Crippen LogP) is 1.81. The van der Waals surface area contributed by atoms with Crippen LogP contribution in [-0.2, 0) is 25.9 Å². The van der Waals surface area contributed by atoms with E-state index in [1.54, 1.807) is 17.0 Å². The van der Waals surface area contributed by atoms with E-state index in [-0.39, 0.29) is 11.7 Å². The van der Waals surface area contributed by atoms with Gasteiger partial charge in [0.25, 0.3) is 0 Å². The molecule has 1 aliphatic carbocycles. The Balaban J connectivity index is 1.74. The number of allylic oxidation sites excluding steroid dienone is 1. The van der Waals surface area contributed by atoms with Gasteiger partial charge in [0.15, 0.2) is 5.69 Å². The smallest absolute Gasteiger partial charge is 0.356 e. The number of carboxylic acids is 1. The number of carboxylic acid groups (broad SMARTS) is 1. The van der Waals surface area contributed by atoms with E-state index in [9.17, 15) is 9.90 Å². The molecule has 0 saturated carbocycles. The molecule has 0 amide bonds. The number of hydrogen-bond acceptors (Lipinski definition) is 4. The van der Waals surface area contributed by atoms with Crippen LogP contribution in [0.15, 0.2) is 37.2 Å². The average molecular weight is 312 g/mol. The fourth-order valence-corrected chi connectivity index (χ4v) is 3.07. The molecule has 6 heteroatoms. The lowest BCUT2D eigenvalue weighted by Crippen LogP contribution is -2.34. The summed E-state index contributed by atoms with van der Waals surface area (Å²) in [6.07, 6.45) is 7.82. The Morgan fingerprint density at radius 2 is 2.43 bits per heavy atom. The Morgan fingerprint density at radius 3 is 3.13 bits per heavy atom. The van der Waals surface area contributed by atoms with E-state index < -0.39 is 5.97 Å². The summed E-state index contributed by atoms with van der Waals surface area (Å²) >= 11 is 0. The number of nitrogens with zero attached hydrogens (tertiary/aromatic N) is 3. The van der Waals surface area contributed by atoms with Crippen molar-refractivity contribution in [3.63, 3.8) is 0 Å². The number of aromatic carboxylic acids is 1. The summed E-state index contributed by atoms with van der Waals surface area (Å²) in [7, 11) is 0. The van der Waals surface area contributed by atoms with E-state index in [1.807, 2.05) is 18.3 Å². The van der Waals surface area contributed by atoms with E-state index in [4.69, 9.17) is 0 Å². The summed E-state index contributed by atoms with van der Waals surface area (Å²) in [5.41, 5.74) is 3.19. The van der Waals surface area contributed by atoms with Crippen LogP contribution in [-0.4, -0.2) is 31.9 Å². The summed E-state index contributed by atoms with van der Waals surface area (Å²) in [6.45, 7) is 4.99. The van der Waals surface area contributed by atoms with Gasteiger partial charge in [0.1, 0.15) is 0 Å². The van der Waals surface area contributed by atoms with Gasteiger partial charge in [-0.15, -0.1) is 6.58 Å². The number of rotatable bonds is 6. The molecule has 2 aromatic heterocycles. The van der Waals surface area contributed by atoms with Gasteiger partial charge < -0.3 is 10.4 Å². The summed E-state index contributed by atoms with van der Waals surface area (Å²) in [5, 5.41) is 17.1. The van der Waals surface area contributed by atoms with Gasteiger partial charge in [-0.3, -0.25) is 9.67 Å². The molecule has 0 aromatic carbocycles. The molecule has 0 radical (unpaired) electrons. The van der Waals surface area contributed by atoms with Crippen molar-refractivity contribution in [1.29, 1.82) is 0 Å². The van der Waals surface area contributed by atoms with Crippen LogP contribution in [0, 0.1) is 0 Å². The van der Waals surface area contributed by atoms with Gasteiger partial charge in [-0.05, 0) is 30.9 Å². The Bertz CT molecular complexity index is 709. The fourth-order valence-electron chi connectivity index (χ4n) is 3.07. The number of fused-ring (bicyclic) bond motifs is 1. The van der Waals surface area contributed by atoms with Crippen LogP contribution in [0.4, 0.5) is 0 Å². The third kappa shape index (κ3) is 3.32. The molecule has 0 aliphatic heterocycles. The molecule has 120 valence electrons. The van der Waals surface area contributed by atoms with Crippen LogP contribution in [0.5, 0.6) is 0 Å². The second-order valence-electron chi connectivity index (χ2n) is 5.73. The Kier molecular flexibility index (Phi) is 4.52. The van der Waals surface area contributed by atoms with Gasteiger partial charge in [-0.25, -0.2) is 4.79 Å². The lowest BCUT2D eigenvalue weighted by Gasteiger charge is -2.24. The number of aromatic nitrogens is 3. The van der Waals surface area contributed by atoms with Crippen molar-refractivity contribution in [2.24, 2.45) is 0 Å². The first kappa shape index (κ1) is 15.4. The maximum absolute atomic E-state index is 11.4. The zero-order valence-electron chi connectivity index (χ0n) is 12.9. The minimum absolute atomic E-state index is 0.176. The van der Waals surface area contributed by atoms with Gasteiger partial charge in [0, 0.05) is 36.2 Å². The maximum Gasteiger partial charge on any atom is 0.356 e. The van der Waals surface area contributed by atoms with Crippen molar-refractivity contribution in [3.8, 4) is 0 Å². The first-order valence-corrected chi connectivity index (χ1v) is 7.74. The van der Waals surface area contributed by atoms with Crippen molar-refractivity contribution >= 4 is 5.97 Å². The highest BCUT2D eigenvalue weighted by Gasteiger charge is 2.28. The highest BCUT2D eigenvalue weighted by atomic mass is 16.4. The molecule has 0 bridgehead atoms. The van der Waals surface area contributed by atoms with Crippen molar-refractivity contribution in [2.75, 3.05) is 0 Å². The second-order valence-corrected chi connectivity index (χ2v) is 5.73. The summed E-state index contributed by atoms with van der Waals surface area (Å²) < 4.78 is 1.77. The van der Waals surface area contributed by atoms with Gasteiger partial charge in [-0.1, -0.05) is 12.1 Å². The van der Waals surface area contributed by atoms with Crippen LogP contribution < -0.4 is 5.32 Å². The number of hydrogen-bond donors (Lipinski definition) is 2. The zero-order valence-corrected chi connectivity index (χ0v) is 12.9. The second kappa shape index (κ2) is 6.75. The molecule has 2 aromatic rings. The van der Waals surface area contributed by atoms with E-state index in [0.717, 1.165) is 36.2 Å². The highest BCUT2D eigenvalue weighted by molar-refractivity contribution is 5.87. The first-order valence-electron chi connectivity index (χ1n) is 7.74. The Morgan fingerprint density at radius 1 is 1.57 bits per heavy atom. The third-order valence-corrected chi connectivity index (χ3v) is 4.17. The summed E-state index contributed by atoms with van der Waals surface area (Å²) in [4.78, 5) is 15.6. The largest absolute Gasteiger partial charge is 0.476 e. The van der Waals surface area contributed by atoms with Crippen molar-refractivity contribution in [2.45, 2.75) is 38.4 Å². The normalized spacial score (nSPS) is 16.8. The minimum Gasteiger partial charge on any atom is -0.476 e. The zero-order chi connectivity index (χ0) is 16.2. The predicted molar refractivity (Wildman–Crippen MR) is 86.3 cm³/mol. The molecule has 1 aliphatic rings. The standard InChI is InChI=1S/C17H20N4O2/c1-2-8-21-15-6-5-13(9-14(15)16(20-21)17(22)23)19-11-12-4-3-7-18-10-12/h2-4,7,10,13,19H,1,5-6,8-9,11H2,(H,22,23)/t13-/m1/s1. The van der Waals surface area contributed by atoms with Crippen LogP contribution in [0.1, 0.15) is 33.7 Å². The molecule has 6 nitrogen and oxygen atoms in total. The van der Waals surface area contributed by atoms with E-state index in [0.29, 0.717) is 13.0 Å². The number of carbonyl (C=O) groups is 1. The number of pyridine rings is 1. The van der Waals surface area contributed by atoms with Gasteiger partial charge in [-0.2, -0.15) is 5.10 Å². The molecule has 0 saturated heterocycles. The highest BCUT2D eigenvalue weighted by Crippen LogP contribution is 2.25. The molecule has 2 N–H and O–H groups in total. The molecular formula is C17H20N4O2. The van der Waals surface area contributed by atoms with Crippen molar-refractivity contribution in [1.82, 2.24) is 20.1 Å².